The van der Waals surface area contributed by atoms with Gasteiger partial charge in [0.2, 0.25) is 0 Å². The minimum absolute atomic E-state index is 0.0712. The van der Waals surface area contributed by atoms with E-state index in [1.165, 1.54) is 52.1 Å². The monoisotopic (exact) mass is 590 g/mol. The van der Waals surface area contributed by atoms with Gasteiger partial charge >= 0.3 is 233 Å². The molecule has 4 heteroatoms. The molecule has 0 N–H and O–H groups in total. The summed E-state index contributed by atoms with van der Waals surface area (Å²) >= 11 is -2.78. The molecular formula is C34H35F3Zr. The van der Waals surface area contributed by atoms with Crippen molar-refractivity contribution in [2.45, 2.75) is 71.4 Å². The quantitative estimate of drug-likeness (QED) is 0.223. The molecule has 2 aliphatic rings. The van der Waals surface area contributed by atoms with Crippen molar-refractivity contribution < 1.29 is 34.4 Å². The molecule has 3 aromatic carbocycles. The maximum absolute atomic E-state index is 13.6. The van der Waals surface area contributed by atoms with E-state index in [2.05, 4.69) is 93.8 Å². The zero-order valence-electron chi connectivity index (χ0n) is 23.1. The van der Waals surface area contributed by atoms with Crippen LogP contribution >= 0.6 is 0 Å². The third-order valence-corrected chi connectivity index (χ3v) is 14.5. The average Bonchev–Trinajstić information content (AvgIpc) is 3.48. The summed E-state index contributed by atoms with van der Waals surface area (Å²) in [6, 6.07) is 17.4. The number of alkyl halides is 3. The van der Waals surface area contributed by atoms with Gasteiger partial charge in [-0.2, -0.15) is 0 Å². The Morgan fingerprint density at radius 2 is 1.53 bits per heavy atom. The van der Waals surface area contributed by atoms with E-state index in [4.69, 9.17) is 0 Å². The van der Waals surface area contributed by atoms with Crippen molar-refractivity contribution in [1.82, 2.24) is 0 Å². The average molecular weight is 592 g/mol. The molecule has 0 amide bonds. The van der Waals surface area contributed by atoms with Crippen molar-refractivity contribution in [3.8, 4) is 11.1 Å². The van der Waals surface area contributed by atoms with Gasteiger partial charge in [-0.3, -0.25) is 0 Å². The molecule has 0 aliphatic heterocycles. The predicted octanol–water partition coefficient (Wildman–Crippen LogP) is 8.81. The molecule has 38 heavy (non-hydrogen) atoms. The van der Waals surface area contributed by atoms with Crippen LogP contribution in [0.2, 0.25) is 0 Å². The topological polar surface area (TPSA) is 0 Å². The number of allylic oxidation sites excluding steroid dienone is 4. The Bertz CT molecular complexity index is 1500. The standard InChI is InChI=1S/C21H25.C8H5F3.C5H5.Zr/c1-20(2,3)16-7-9-18-14(12-16)11-15-13-17(21(4,5)6)8-10-19(15)18;1-6-3-2-4-7(5-6)8(9,10)11;1-2-4-5-3-1;/h7-10,12H,11H2,1-6H3;1-5H;1-3H,4H2;. The molecule has 0 radical (unpaired) electrons. The van der Waals surface area contributed by atoms with E-state index < -0.39 is 33.0 Å². The molecule has 196 valence electrons. The molecule has 0 unspecified atom stereocenters. The predicted molar refractivity (Wildman–Crippen MR) is 150 cm³/mol. The Morgan fingerprint density at radius 3 is 2.16 bits per heavy atom. The van der Waals surface area contributed by atoms with Crippen molar-refractivity contribution in [3.05, 3.63) is 109 Å². The van der Waals surface area contributed by atoms with Crippen molar-refractivity contribution in [2.75, 3.05) is 0 Å². The first-order chi connectivity index (χ1) is 17.7. The van der Waals surface area contributed by atoms with Crippen molar-refractivity contribution in [3.63, 3.8) is 0 Å². The molecule has 0 saturated carbocycles. The fourth-order valence-electron chi connectivity index (χ4n) is 5.62. The second-order valence-corrected chi connectivity index (χ2v) is 18.1. The Morgan fingerprint density at radius 1 is 0.789 bits per heavy atom. The molecule has 0 nitrogen and oxygen atoms in total. The Hall–Kier alpha value is -2.32. The first-order valence-corrected chi connectivity index (χ1v) is 17.2. The third kappa shape index (κ3) is 5.26. The van der Waals surface area contributed by atoms with Crippen LogP contribution in [0.25, 0.3) is 11.1 Å². The SMILES string of the molecule is CC(C)(C)c1ccc2c(c1)Cc1c-2ccc(C(C)(C)C)[c]1/[Zr](=[CH]\c1cccc(C(F)(F)F)c1)[C]1=CC=CC1. The molecule has 0 aromatic heterocycles. The number of rotatable bonds is 3. The van der Waals surface area contributed by atoms with Gasteiger partial charge in [-0.05, 0) is 0 Å². The molecule has 0 saturated heterocycles. The van der Waals surface area contributed by atoms with Crippen molar-refractivity contribution in [2.24, 2.45) is 0 Å². The van der Waals surface area contributed by atoms with E-state index >= 15 is 0 Å². The molecule has 0 bridgehead atoms. The zero-order valence-corrected chi connectivity index (χ0v) is 25.5. The number of fused-ring (bicyclic) bond motifs is 3. The Balaban J connectivity index is 1.75. The third-order valence-electron chi connectivity index (χ3n) is 7.66. The van der Waals surface area contributed by atoms with E-state index in [0.717, 1.165) is 12.8 Å². The van der Waals surface area contributed by atoms with Crippen LogP contribution in [-0.2, 0) is 44.7 Å². The van der Waals surface area contributed by atoms with E-state index in [1.807, 2.05) is 6.07 Å². The number of hydrogen-bond acceptors (Lipinski definition) is 0. The van der Waals surface area contributed by atoms with Crippen LogP contribution in [0, 0.1) is 0 Å². The molecule has 0 fully saturated rings. The molecule has 3 aromatic rings. The van der Waals surface area contributed by atoms with Gasteiger partial charge in [0, 0.05) is 0 Å². The summed E-state index contributed by atoms with van der Waals surface area (Å²) in [5.41, 5.74) is 8.13. The van der Waals surface area contributed by atoms with E-state index in [-0.39, 0.29) is 10.8 Å². The molecule has 0 spiro atoms. The van der Waals surface area contributed by atoms with Gasteiger partial charge in [-0.25, -0.2) is 0 Å². The molecule has 0 heterocycles. The molecule has 2 aliphatic carbocycles. The van der Waals surface area contributed by atoms with Crippen LogP contribution in [-0.4, -0.2) is 3.71 Å². The minimum atomic E-state index is -4.35. The second-order valence-electron chi connectivity index (χ2n) is 12.6. The fourth-order valence-corrected chi connectivity index (χ4v) is 13.2. The first-order valence-electron chi connectivity index (χ1n) is 13.3. The number of halogens is 3. The summed E-state index contributed by atoms with van der Waals surface area (Å²) in [6.45, 7) is 13.5. The summed E-state index contributed by atoms with van der Waals surface area (Å²) in [4.78, 5) is 0. The van der Waals surface area contributed by atoms with Gasteiger partial charge in [0.05, 0.1) is 0 Å². The normalized spacial score (nSPS) is 15.5. The van der Waals surface area contributed by atoms with Crippen molar-refractivity contribution >= 4 is 6.98 Å². The van der Waals surface area contributed by atoms with Gasteiger partial charge in [0.25, 0.3) is 0 Å². The Kier molecular flexibility index (Phi) is 6.96. The summed E-state index contributed by atoms with van der Waals surface area (Å²) in [5.74, 6) is 0. The number of benzene rings is 3. The van der Waals surface area contributed by atoms with Crippen LogP contribution in [0.3, 0.4) is 0 Å². The Labute approximate surface area is 232 Å². The summed E-state index contributed by atoms with van der Waals surface area (Å²) in [6.07, 6.45) is 3.94. The summed E-state index contributed by atoms with van der Waals surface area (Å²) in [5, 5.41) is 0. The van der Waals surface area contributed by atoms with Crippen LogP contribution in [0.5, 0.6) is 0 Å². The number of hydrogen-bond donors (Lipinski definition) is 0. The van der Waals surface area contributed by atoms with Crippen LogP contribution in [0.4, 0.5) is 13.2 Å². The van der Waals surface area contributed by atoms with Gasteiger partial charge in [-0.1, -0.05) is 0 Å². The summed E-state index contributed by atoms with van der Waals surface area (Å²) < 4.78 is 45.8. The van der Waals surface area contributed by atoms with Crippen LogP contribution in [0.15, 0.2) is 76.1 Å². The van der Waals surface area contributed by atoms with Gasteiger partial charge in [0.1, 0.15) is 0 Å². The van der Waals surface area contributed by atoms with Crippen LogP contribution < -0.4 is 3.27 Å². The van der Waals surface area contributed by atoms with Crippen LogP contribution in [0.1, 0.15) is 81.3 Å². The zero-order chi connectivity index (χ0) is 27.5. The van der Waals surface area contributed by atoms with E-state index in [9.17, 15) is 13.2 Å². The fraction of sp³-hybridized carbons (Fsp3) is 0.324. The summed E-state index contributed by atoms with van der Waals surface area (Å²) in [7, 11) is 0. The second kappa shape index (κ2) is 9.70. The first kappa shape index (κ1) is 27.3. The molecule has 0 atom stereocenters. The van der Waals surface area contributed by atoms with Crippen molar-refractivity contribution in [1.29, 1.82) is 0 Å². The van der Waals surface area contributed by atoms with E-state index in [1.54, 1.807) is 6.07 Å². The molecular weight excluding hydrogens is 557 g/mol. The van der Waals surface area contributed by atoms with E-state index in [0.29, 0.717) is 5.56 Å². The van der Waals surface area contributed by atoms with Gasteiger partial charge in [0.15, 0.2) is 0 Å². The van der Waals surface area contributed by atoms with Gasteiger partial charge in [-0.15, -0.1) is 0 Å². The molecule has 5 rings (SSSR count). The maximum atomic E-state index is 13.6. The van der Waals surface area contributed by atoms with Gasteiger partial charge < -0.3 is 0 Å².